The number of amides is 3. The Morgan fingerprint density at radius 2 is 2.03 bits per heavy atom. The molecular weight excluding hydrogens is 504 g/mol. The Balaban J connectivity index is 1.50. The molecule has 0 unspecified atom stereocenters. The number of unbranched alkanes of at least 4 members (excludes halogenated alkanes) is 1. The summed E-state index contributed by atoms with van der Waals surface area (Å²) in [6.45, 7) is 0.866. The highest BCUT2D eigenvalue weighted by atomic mass is 35.5. The van der Waals surface area contributed by atoms with Gasteiger partial charge in [0, 0.05) is 37.4 Å². The third-order valence-corrected chi connectivity index (χ3v) is 7.25. The smallest absolute Gasteiger partial charge is 0.274 e. The summed E-state index contributed by atoms with van der Waals surface area (Å²) in [6.07, 6.45) is 5.78. The zero-order valence-corrected chi connectivity index (χ0v) is 21.4. The number of likely N-dealkylation sites (N-methyl/N-ethyl adjacent to an activating group) is 1. The van der Waals surface area contributed by atoms with E-state index in [2.05, 4.69) is 20.6 Å². The van der Waals surface area contributed by atoms with Crippen molar-refractivity contribution in [1.82, 2.24) is 29.9 Å². The summed E-state index contributed by atoms with van der Waals surface area (Å²) >= 11 is 7.33. The van der Waals surface area contributed by atoms with Crippen LogP contribution in [0.4, 0.5) is 0 Å². The predicted molar refractivity (Wildman–Crippen MR) is 137 cm³/mol. The second-order valence-corrected chi connectivity index (χ2v) is 10.0. The van der Waals surface area contributed by atoms with E-state index in [-0.39, 0.29) is 35.3 Å². The summed E-state index contributed by atoms with van der Waals surface area (Å²) in [4.78, 5) is 49.0. The summed E-state index contributed by atoms with van der Waals surface area (Å²) in [5, 5.41) is 8.10. The van der Waals surface area contributed by atoms with Crippen LogP contribution in [0.1, 0.15) is 57.7 Å². The van der Waals surface area contributed by atoms with Gasteiger partial charge in [-0.2, -0.15) is 0 Å². The number of hydrogen-bond acceptors (Lipinski definition) is 8. The maximum Gasteiger partial charge on any atom is 0.274 e. The van der Waals surface area contributed by atoms with Crippen LogP contribution < -0.4 is 22.1 Å². The van der Waals surface area contributed by atoms with E-state index in [1.54, 1.807) is 39.2 Å². The number of rotatable bonds is 9. The lowest BCUT2D eigenvalue weighted by Gasteiger charge is -2.22. The van der Waals surface area contributed by atoms with E-state index in [0.29, 0.717) is 48.0 Å². The molecule has 0 aromatic carbocycles. The second kappa shape index (κ2) is 11.3. The molecular formula is C23H29ClN8O3S. The molecule has 0 radical (unpaired) electrons. The summed E-state index contributed by atoms with van der Waals surface area (Å²) in [5.74, 6) is -0.993. The van der Waals surface area contributed by atoms with Gasteiger partial charge in [0.2, 0.25) is 5.91 Å². The minimum atomic E-state index is -0.680. The number of carbonyl (C=O) groups excluding carboxylic acids is 3. The molecule has 1 saturated heterocycles. The highest BCUT2D eigenvalue weighted by Crippen LogP contribution is 2.34. The van der Waals surface area contributed by atoms with E-state index in [9.17, 15) is 14.4 Å². The molecule has 4 rings (SSSR count). The van der Waals surface area contributed by atoms with E-state index in [0.717, 1.165) is 6.42 Å². The van der Waals surface area contributed by atoms with Gasteiger partial charge < -0.3 is 31.4 Å². The summed E-state index contributed by atoms with van der Waals surface area (Å²) < 4.78 is 1.70. The molecule has 0 bridgehead atoms. The van der Waals surface area contributed by atoms with Gasteiger partial charge in [-0.25, -0.2) is 9.97 Å². The fourth-order valence-corrected chi connectivity index (χ4v) is 5.35. The first-order valence-electron chi connectivity index (χ1n) is 11.7. The van der Waals surface area contributed by atoms with Crippen LogP contribution in [-0.2, 0) is 4.79 Å². The number of thiazole rings is 1. The lowest BCUT2D eigenvalue weighted by Crippen LogP contribution is -2.45. The highest BCUT2D eigenvalue weighted by Gasteiger charge is 2.38. The van der Waals surface area contributed by atoms with E-state index in [4.69, 9.17) is 23.1 Å². The Bertz CT molecular complexity index is 1260. The van der Waals surface area contributed by atoms with Crippen molar-refractivity contribution in [2.24, 2.45) is 11.5 Å². The molecule has 6 N–H and O–H groups in total. The van der Waals surface area contributed by atoms with Crippen molar-refractivity contribution in [2.45, 2.75) is 43.8 Å². The first-order valence-corrected chi connectivity index (χ1v) is 12.9. The van der Waals surface area contributed by atoms with E-state index < -0.39 is 11.9 Å². The zero-order valence-electron chi connectivity index (χ0n) is 19.8. The van der Waals surface area contributed by atoms with Crippen LogP contribution in [0.15, 0.2) is 29.9 Å². The topological polar surface area (TPSA) is 161 Å². The third kappa shape index (κ3) is 5.67. The molecule has 3 amide bonds. The quantitative estimate of drug-likeness (QED) is 0.302. The van der Waals surface area contributed by atoms with Crippen LogP contribution in [0.3, 0.4) is 0 Å². The van der Waals surface area contributed by atoms with Gasteiger partial charge in [0.25, 0.3) is 11.8 Å². The maximum atomic E-state index is 13.4. The van der Waals surface area contributed by atoms with Crippen LogP contribution in [0, 0.1) is 0 Å². The summed E-state index contributed by atoms with van der Waals surface area (Å²) in [7, 11) is 1.53. The molecule has 192 valence electrons. The Kier molecular flexibility index (Phi) is 8.19. The number of aromatic nitrogens is 3. The Labute approximate surface area is 217 Å². The van der Waals surface area contributed by atoms with E-state index >= 15 is 0 Å². The number of halogens is 1. The van der Waals surface area contributed by atoms with Gasteiger partial charge in [-0.1, -0.05) is 11.6 Å². The van der Waals surface area contributed by atoms with Crippen LogP contribution >= 0.6 is 22.9 Å². The molecule has 1 aliphatic heterocycles. The van der Waals surface area contributed by atoms with Crippen molar-refractivity contribution >= 4 is 46.3 Å². The standard InChI is InChI=1S/C23H29ClN8O3S/c1-27-20(33)15(4-2-3-7-25)29-21(34)17-12-36-22(30-17)18-8-14(26)10-32(18)23(35)16-11-31-9-13(24)5-6-19(31)28-16/h5-6,9,11-12,14-15,18H,2-4,7-8,10,25-26H2,1H3,(H,27,33)(H,29,34)/t14-,15+,18+/m1/s1. The van der Waals surface area contributed by atoms with Crippen molar-refractivity contribution in [1.29, 1.82) is 0 Å². The third-order valence-electron chi connectivity index (χ3n) is 6.08. The summed E-state index contributed by atoms with van der Waals surface area (Å²) in [6, 6.07) is 2.15. The van der Waals surface area contributed by atoms with Crippen molar-refractivity contribution in [3.63, 3.8) is 0 Å². The minimum Gasteiger partial charge on any atom is -0.357 e. The van der Waals surface area contributed by atoms with Gasteiger partial charge in [0.15, 0.2) is 0 Å². The average Bonchev–Trinajstić information content (AvgIpc) is 3.60. The van der Waals surface area contributed by atoms with Gasteiger partial charge in [0.1, 0.15) is 28.1 Å². The number of fused-ring (bicyclic) bond motifs is 1. The molecule has 3 aromatic heterocycles. The van der Waals surface area contributed by atoms with Crippen molar-refractivity contribution < 1.29 is 14.4 Å². The molecule has 0 saturated carbocycles. The van der Waals surface area contributed by atoms with E-state index in [1.807, 2.05) is 0 Å². The zero-order chi connectivity index (χ0) is 25.8. The number of carbonyl (C=O) groups is 3. The number of likely N-dealkylation sites (tertiary alicyclic amines) is 1. The van der Waals surface area contributed by atoms with Gasteiger partial charge >= 0.3 is 0 Å². The molecule has 11 nitrogen and oxygen atoms in total. The molecule has 1 fully saturated rings. The van der Waals surface area contributed by atoms with Crippen molar-refractivity contribution in [3.05, 3.63) is 51.3 Å². The lowest BCUT2D eigenvalue weighted by atomic mass is 10.1. The Morgan fingerprint density at radius 1 is 1.22 bits per heavy atom. The number of nitrogens with one attached hydrogen (secondary N) is 2. The number of pyridine rings is 1. The molecule has 1 aliphatic rings. The first-order chi connectivity index (χ1) is 17.3. The SMILES string of the molecule is CNC(=O)[C@H](CCCCN)NC(=O)c1csc([C@@H]2C[C@@H](N)CN2C(=O)c2cn3cc(Cl)ccc3n2)n1. The fourth-order valence-electron chi connectivity index (χ4n) is 4.25. The highest BCUT2D eigenvalue weighted by molar-refractivity contribution is 7.09. The summed E-state index contributed by atoms with van der Waals surface area (Å²) in [5.41, 5.74) is 12.8. The van der Waals surface area contributed by atoms with Gasteiger partial charge in [-0.15, -0.1) is 11.3 Å². The predicted octanol–water partition coefficient (Wildman–Crippen LogP) is 1.33. The number of nitrogens with two attached hydrogens (primary N) is 2. The van der Waals surface area contributed by atoms with Crippen molar-refractivity contribution in [3.8, 4) is 0 Å². The fraction of sp³-hybridized carbons (Fsp3) is 0.435. The molecule has 13 heteroatoms. The number of hydrogen-bond donors (Lipinski definition) is 4. The van der Waals surface area contributed by atoms with Gasteiger partial charge in [-0.3, -0.25) is 14.4 Å². The normalized spacial score (nSPS) is 18.4. The lowest BCUT2D eigenvalue weighted by molar-refractivity contribution is -0.122. The number of nitrogens with zero attached hydrogens (tertiary/aromatic N) is 4. The van der Waals surface area contributed by atoms with Crippen molar-refractivity contribution in [2.75, 3.05) is 20.1 Å². The maximum absolute atomic E-state index is 13.4. The Hall–Kier alpha value is -3.06. The average molecular weight is 533 g/mol. The van der Waals surface area contributed by atoms with Crippen LogP contribution in [0.2, 0.25) is 5.02 Å². The van der Waals surface area contributed by atoms with Crippen LogP contribution in [0.25, 0.3) is 5.65 Å². The molecule has 36 heavy (non-hydrogen) atoms. The molecule has 3 aromatic rings. The first kappa shape index (κ1) is 26.0. The molecule has 0 aliphatic carbocycles. The van der Waals surface area contributed by atoms with Gasteiger partial charge in [-0.05, 0) is 44.4 Å². The molecule has 3 atom stereocenters. The van der Waals surface area contributed by atoms with Gasteiger partial charge in [0.05, 0.1) is 11.1 Å². The van der Waals surface area contributed by atoms with E-state index in [1.165, 1.54) is 18.4 Å². The van der Waals surface area contributed by atoms with Crippen LogP contribution in [0.5, 0.6) is 0 Å². The molecule has 4 heterocycles. The molecule has 0 spiro atoms. The number of imidazole rings is 1. The minimum absolute atomic E-state index is 0.193. The largest absolute Gasteiger partial charge is 0.357 e. The monoisotopic (exact) mass is 532 g/mol. The Morgan fingerprint density at radius 3 is 2.78 bits per heavy atom. The second-order valence-electron chi connectivity index (χ2n) is 8.70. The van der Waals surface area contributed by atoms with Crippen LogP contribution in [-0.4, -0.2) is 69.2 Å².